The predicted molar refractivity (Wildman–Crippen MR) is 92.2 cm³/mol. The van der Waals surface area contributed by atoms with E-state index in [1.165, 1.54) is 29.7 Å². The molecule has 3 nitrogen and oxygen atoms in total. The van der Waals surface area contributed by atoms with E-state index in [-0.39, 0.29) is 0 Å². The molecule has 1 saturated heterocycles. The van der Waals surface area contributed by atoms with Crippen molar-refractivity contribution in [1.29, 1.82) is 0 Å². The van der Waals surface area contributed by atoms with Crippen molar-refractivity contribution in [3.05, 3.63) is 59.5 Å². The van der Waals surface area contributed by atoms with Gasteiger partial charge in [0, 0.05) is 12.6 Å². The highest BCUT2D eigenvalue weighted by molar-refractivity contribution is 7.99. The molecule has 1 unspecified atom stereocenters. The minimum atomic E-state index is 0.485. The third-order valence-corrected chi connectivity index (χ3v) is 5.68. The molecule has 1 atom stereocenters. The van der Waals surface area contributed by atoms with E-state index in [0.29, 0.717) is 5.37 Å². The second-order valence-corrected chi connectivity index (χ2v) is 7.10. The molecule has 0 saturated carbocycles. The lowest BCUT2D eigenvalue weighted by Crippen LogP contribution is -2.09. The fourth-order valence-corrected chi connectivity index (χ4v) is 4.46. The molecular formula is C18H19N3S. The van der Waals surface area contributed by atoms with Crippen molar-refractivity contribution in [3.8, 4) is 0 Å². The van der Waals surface area contributed by atoms with Crippen LogP contribution >= 0.6 is 11.8 Å². The molecule has 0 aliphatic carbocycles. The molecule has 1 fully saturated rings. The molecule has 0 bridgehead atoms. The van der Waals surface area contributed by atoms with Gasteiger partial charge in [0.15, 0.2) is 5.65 Å². The Morgan fingerprint density at radius 1 is 1.23 bits per heavy atom. The van der Waals surface area contributed by atoms with Crippen LogP contribution in [0.25, 0.3) is 11.2 Å². The first-order chi connectivity index (χ1) is 10.8. The van der Waals surface area contributed by atoms with Crippen LogP contribution in [0, 0.1) is 6.92 Å². The highest BCUT2D eigenvalue weighted by Gasteiger charge is 2.23. The first kappa shape index (κ1) is 13.8. The summed E-state index contributed by atoms with van der Waals surface area (Å²) in [5.41, 5.74) is 4.72. The van der Waals surface area contributed by atoms with E-state index in [0.717, 1.165) is 23.4 Å². The Morgan fingerprint density at radius 2 is 2.14 bits per heavy atom. The van der Waals surface area contributed by atoms with E-state index in [1.807, 2.05) is 24.0 Å². The zero-order chi connectivity index (χ0) is 14.9. The highest BCUT2D eigenvalue weighted by atomic mass is 32.2. The Kier molecular flexibility index (Phi) is 3.62. The molecule has 1 aromatic carbocycles. The quantitative estimate of drug-likeness (QED) is 0.720. The van der Waals surface area contributed by atoms with E-state index in [4.69, 9.17) is 4.98 Å². The van der Waals surface area contributed by atoms with Gasteiger partial charge in [-0.25, -0.2) is 9.97 Å². The Morgan fingerprint density at radius 3 is 2.95 bits per heavy atom. The first-order valence-electron chi connectivity index (χ1n) is 7.81. The minimum Gasteiger partial charge on any atom is -0.300 e. The topological polar surface area (TPSA) is 30.7 Å². The number of fused-ring (bicyclic) bond motifs is 1. The van der Waals surface area contributed by atoms with Crippen LogP contribution in [0.15, 0.2) is 42.6 Å². The number of nitrogens with zero attached hydrogens (tertiary/aromatic N) is 3. The monoisotopic (exact) mass is 309 g/mol. The van der Waals surface area contributed by atoms with Crippen molar-refractivity contribution >= 4 is 22.9 Å². The molecular weight excluding hydrogens is 290 g/mol. The average Bonchev–Trinajstić information content (AvgIpc) is 3.16. The number of pyridine rings is 1. The Labute approximate surface area is 134 Å². The molecule has 22 heavy (non-hydrogen) atoms. The molecule has 3 heterocycles. The summed E-state index contributed by atoms with van der Waals surface area (Å²) in [5.74, 6) is 2.38. The smallest absolute Gasteiger partial charge is 0.160 e. The van der Waals surface area contributed by atoms with Gasteiger partial charge < -0.3 is 0 Å². The van der Waals surface area contributed by atoms with Gasteiger partial charge in [-0.05, 0) is 48.8 Å². The fourth-order valence-electron chi connectivity index (χ4n) is 3.15. The van der Waals surface area contributed by atoms with Gasteiger partial charge in [-0.1, -0.05) is 24.3 Å². The van der Waals surface area contributed by atoms with Gasteiger partial charge in [0.2, 0.25) is 0 Å². The standard InChI is InChI=1S/C18H19N3S/c1-13-6-2-3-7-14(13)12-16-20-15-8-4-10-19-18(15)21(16)17-9-5-11-22-17/h2-4,6-8,10,17H,5,9,11-12H2,1H3. The van der Waals surface area contributed by atoms with Gasteiger partial charge >= 0.3 is 0 Å². The lowest BCUT2D eigenvalue weighted by Gasteiger charge is -2.15. The third kappa shape index (κ3) is 2.41. The summed E-state index contributed by atoms with van der Waals surface area (Å²) in [6.07, 6.45) is 5.25. The Balaban J connectivity index is 1.82. The van der Waals surface area contributed by atoms with Crippen LogP contribution in [0.2, 0.25) is 0 Å². The number of hydrogen-bond donors (Lipinski definition) is 0. The predicted octanol–water partition coefficient (Wildman–Crippen LogP) is 4.36. The second kappa shape index (κ2) is 5.76. The zero-order valence-electron chi connectivity index (χ0n) is 12.7. The van der Waals surface area contributed by atoms with Crippen molar-refractivity contribution in [2.24, 2.45) is 0 Å². The maximum absolute atomic E-state index is 4.88. The summed E-state index contributed by atoms with van der Waals surface area (Å²) in [6.45, 7) is 2.17. The van der Waals surface area contributed by atoms with E-state index in [1.54, 1.807) is 0 Å². The summed E-state index contributed by atoms with van der Waals surface area (Å²) < 4.78 is 2.37. The van der Waals surface area contributed by atoms with Crippen LogP contribution in [0.3, 0.4) is 0 Å². The number of aryl methyl sites for hydroxylation is 1. The number of aromatic nitrogens is 3. The number of benzene rings is 1. The molecule has 4 rings (SSSR count). The molecule has 2 aromatic heterocycles. The van der Waals surface area contributed by atoms with E-state index < -0.39 is 0 Å². The number of rotatable bonds is 3. The highest BCUT2D eigenvalue weighted by Crippen LogP contribution is 2.38. The van der Waals surface area contributed by atoms with E-state index in [9.17, 15) is 0 Å². The lowest BCUT2D eigenvalue weighted by atomic mass is 10.1. The van der Waals surface area contributed by atoms with Gasteiger partial charge in [0.25, 0.3) is 0 Å². The lowest BCUT2D eigenvalue weighted by molar-refractivity contribution is 0.629. The van der Waals surface area contributed by atoms with Crippen LogP contribution in [-0.2, 0) is 6.42 Å². The van der Waals surface area contributed by atoms with Crippen molar-refractivity contribution in [3.63, 3.8) is 0 Å². The van der Waals surface area contributed by atoms with E-state index >= 15 is 0 Å². The average molecular weight is 309 g/mol. The van der Waals surface area contributed by atoms with Crippen molar-refractivity contribution in [2.45, 2.75) is 31.6 Å². The fraction of sp³-hybridized carbons (Fsp3) is 0.333. The molecule has 4 heteroatoms. The largest absolute Gasteiger partial charge is 0.300 e. The second-order valence-electron chi connectivity index (χ2n) is 5.82. The third-order valence-electron chi connectivity index (χ3n) is 4.33. The van der Waals surface area contributed by atoms with E-state index in [2.05, 4.69) is 46.8 Å². The van der Waals surface area contributed by atoms with Gasteiger partial charge in [-0.3, -0.25) is 4.57 Å². The molecule has 0 amide bonds. The Hall–Kier alpha value is -1.81. The number of thioether (sulfide) groups is 1. The minimum absolute atomic E-state index is 0.485. The van der Waals surface area contributed by atoms with Crippen LogP contribution < -0.4 is 0 Å². The maximum Gasteiger partial charge on any atom is 0.160 e. The molecule has 112 valence electrons. The maximum atomic E-state index is 4.88. The molecule has 3 aromatic rings. The van der Waals surface area contributed by atoms with Gasteiger partial charge in [-0.15, -0.1) is 11.8 Å². The summed E-state index contributed by atoms with van der Waals surface area (Å²) in [4.78, 5) is 9.48. The molecule has 0 spiro atoms. The molecule has 0 N–H and O–H groups in total. The first-order valence-corrected chi connectivity index (χ1v) is 8.86. The van der Waals surface area contributed by atoms with Crippen LogP contribution in [-0.4, -0.2) is 20.3 Å². The Bertz CT molecular complexity index is 803. The summed E-state index contributed by atoms with van der Waals surface area (Å²) >= 11 is 2.03. The molecule has 1 aliphatic rings. The van der Waals surface area contributed by atoms with Gasteiger partial charge in [0.1, 0.15) is 11.3 Å². The summed E-state index contributed by atoms with van der Waals surface area (Å²) in [5, 5.41) is 0.485. The molecule has 1 aliphatic heterocycles. The number of imidazole rings is 1. The molecule has 0 radical (unpaired) electrons. The van der Waals surface area contributed by atoms with Crippen LogP contribution in [0.5, 0.6) is 0 Å². The van der Waals surface area contributed by atoms with Crippen LogP contribution in [0.1, 0.15) is 35.2 Å². The number of hydrogen-bond acceptors (Lipinski definition) is 3. The normalized spacial score (nSPS) is 18.1. The van der Waals surface area contributed by atoms with Gasteiger partial charge in [0.05, 0.1) is 5.37 Å². The van der Waals surface area contributed by atoms with Crippen LogP contribution in [0.4, 0.5) is 0 Å². The van der Waals surface area contributed by atoms with Crippen molar-refractivity contribution in [1.82, 2.24) is 14.5 Å². The SMILES string of the molecule is Cc1ccccc1Cc1nc2cccnc2n1C1CCCS1. The zero-order valence-corrected chi connectivity index (χ0v) is 13.5. The summed E-state index contributed by atoms with van der Waals surface area (Å²) in [6, 6.07) is 12.6. The van der Waals surface area contributed by atoms with Gasteiger partial charge in [-0.2, -0.15) is 0 Å². The van der Waals surface area contributed by atoms with Crippen molar-refractivity contribution < 1.29 is 0 Å². The summed E-state index contributed by atoms with van der Waals surface area (Å²) in [7, 11) is 0. The van der Waals surface area contributed by atoms with Crippen molar-refractivity contribution in [2.75, 3.05) is 5.75 Å².